The van der Waals surface area contributed by atoms with E-state index in [1.54, 1.807) is 14.2 Å². The Labute approximate surface area is 127 Å². The lowest BCUT2D eigenvalue weighted by atomic mass is 10.1. The van der Waals surface area contributed by atoms with Gasteiger partial charge in [0.1, 0.15) is 5.75 Å². The Morgan fingerprint density at radius 1 is 1.05 bits per heavy atom. The third kappa shape index (κ3) is 7.43. The summed E-state index contributed by atoms with van der Waals surface area (Å²) < 4.78 is 21.2. The smallest absolute Gasteiger partial charge is 0.119 e. The lowest BCUT2D eigenvalue weighted by Gasteiger charge is -2.19. The van der Waals surface area contributed by atoms with E-state index in [0.29, 0.717) is 33.0 Å². The van der Waals surface area contributed by atoms with Gasteiger partial charge in [-0.05, 0) is 24.2 Å². The Kier molecular flexibility index (Phi) is 9.82. The van der Waals surface area contributed by atoms with Gasteiger partial charge < -0.3 is 24.3 Å². The lowest BCUT2D eigenvalue weighted by molar-refractivity contribution is 0.0194. The number of rotatable bonds is 12. The fraction of sp³-hybridized carbons (Fsp3) is 0.625. The van der Waals surface area contributed by atoms with E-state index in [9.17, 15) is 0 Å². The van der Waals surface area contributed by atoms with E-state index < -0.39 is 0 Å². The van der Waals surface area contributed by atoms with Gasteiger partial charge in [-0.1, -0.05) is 19.1 Å². The Hall–Kier alpha value is -1.14. The Morgan fingerprint density at radius 3 is 2.52 bits per heavy atom. The first-order valence-electron chi connectivity index (χ1n) is 7.33. The number of nitrogens with one attached hydrogen (secondary N) is 1. The van der Waals surface area contributed by atoms with Crippen LogP contribution in [0.25, 0.3) is 0 Å². The van der Waals surface area contributed by atoms with Gasteiger partial charge in [-0.25, -0.2) is 0 Å². The van der Waals surface area contributed by atoms with Crippen LogP contribution in [0.5, 0.6) is 5.75 Å². The SMILES string of the molecule is CCNC(COCCOCCOC)c1cccc(OC)c1. The first-order valence-corrected chi connectivity index (χ1v) is 7.33. The van der Waals surface area contributed by atoms with Gasteiger partial charge in [0.05, 0.1) is 46.2 Å². The van der Waals surface area contributed by atoms with Crippen molar-refractivity contribution in [2.45, 2.75) is 13.0 Å². The predicted octanol–water partition coefficient (Wildman–Crippen LogP) is 2.03. The Bertz CT molecular complexity index is 373. The molecule has 0 bridgehead atoms. The number of hydrogen-bond acceptors (Lipinski definition) is 5. The van der Waals surface area contributed by atoms with Crippen molar-refractivity contribution < 1.29 is 18.9 Å². The second-order valence-corrected chi connectivity index (χ2v) is 4.57. The fourth-order valence-corrected chi connectivity index (χ4v) is 1.94. The molecular formula is C16H27NO4. The molecule has 1 unspecified atom stereocenters. The molecule has 0 amide bonds. The number of likely N-dealkylation sites (N-methyl/N-ethyl adjacent to an activating group) is 1. The molecule has 1 N–H and O–H groups in total. The van der Waals surface area contributed by atoms with Crippen molar-refractivity contribution in [2.24, 2.45) is 0 Å². The normalized spacial score (nSPS) is 12.3. The standard InChI is InChI=1S/C16H27NO4/c1-4-17-16(13-21-11-10-20-9-8-18-2)14-6-5-7-15(12-14)19-3/h5-7,12,16-17H,4,8-11,13H2,1-3H3. The maximum Gasteiger partial charge on any atom is 0.119 e. The van der Waals surface area contributed by atoms with Crippen molar-refractivity contribution in [1.82, 2.24) is 5.32 Å². The molecule has 0 radical (unpaired) electrons. The molecule has 0 aromatic heterocycles. The van der Waals surface area contributed by atoms with Crippen LogP contribution in [0.2, 0.25) is 0 Å². The molecule has 0 saturated heterocycles. The van der Waals surface area contributed by atoms with E-state index in [-0.39, 0.29) is 6.04 Å². The third-order valence-electron chi connectivity index (χ3n) is 3.04. The van der Waals surface area contributed by atoms with Crippen molar-refractivity contribution in [3.8, 4) is 5.75 Å². The minimum absolute atomic E-state index is 0.157. The van der Waals surface area contributed by atoms with Crippen molar-refractivity contribution in [3.63, 3.8) is 0 Å². The molecular weight excluding hydrogens is 270 g/mol. The lowest BCUT2D eigenvalue weighted by Crippen LogP contribution is -2.26. The molecule has 0 aliphatic carbocycles. The summed E-state index contributed by atoms with van der Waals surface area (Å²) in [4.78, 5) is 0. The van der Waals surface area contributed by atoms with Gasteiger partial charge in [-0.3, -0.25) is 0 Å². The van der Waals surface area contributed by atoms with E-state index in [1.807, 2.05) is 18.2 Å². The minimum Gasteiger partial charge on any atom is -0.497 e. The maximum absolute atomic E-state index is 5.69. The van der Waals surface area contributed by atoms with E-state index >= 15 is 0 Å². The molecule has 0 spiro atoms. The van der Waals surface area contributed by atoms with Gasteiger partial charge in [-0.2, -0.15) is 0 Å². The molecule has 0 heterocycles. The zero-order valence-corrected chi connectivity index (χ0v) is 13.3. The monoisotopic (exact) mass is 297 g/mol. The van der Waals surface area contributed by atoms with Crippen LogP contribution in [0, 0.1) is 0 Å². The summed E-state index contributed by atoms with van der Waals surface area (Å²) in [7, 11) is 3.34. The third-order valence-corrected chi connectivity index (χ3v) is 3.04. The highest BCUT2D eigenvalue weighted by Gasteiger charge is 2.11. The topological polar surface area (TPSA) is 49.0 Å². The van der Waals surface area contributed by atoms with Gasteiger partial charge in [0, 0.05) is 7.11 Å². The summed E-state index contributed by atoms with van der Waals surface area (Å²) in [6.07, 6.45) is 0. The highest BCUT2D eigenvalue weighted by Crippen LogP contribution is 2.19. The molecule has 5 nitrogen and oxygen atoms in total. The van der Waals surface area contributed by atoms with E-state index in [1.165, 1.54) is 0 Å². The number of ether oxygens (including phenoxy) is 4. The zero-order chi connectivity index (χ0) is 15.3. The highest BCUT2D eigenvalue weighted by atomic mass is 16.5. The molecule has 5 heteroatoms. The summed E-state index contributed by atoms with van der Waals surface area (Å²) >= 11 is 0. The minimum atomic E-state index is 0.157. The largest absolute Gasteiger partial charge is 0.497 e. The van der Waals surface area contributed by atoms with Crippen LogP contribution in [-0.2, 0) is 14.2 Å². The number of hydrogen-bond donors (Lipinski definition) is 1. The quantitative estimate of drug-likeness (QED) is 0.598. The second-order valence-electron chi connectivity index (χ2n) is 4.57. The van der Waals surface area contributed by atoms with Gasteiger partial charge >= 0.3 is 0 Å². The molecule has 0 aliphatic rings. The average Bonchev–Trinajstić information content (AvgIpc) is 2.53. The summed E-state index contributed by atoms with van der Waals surface area (Å²) in [6, 6.07) is 8.20. The number of methoxy groups -OCH3 is 2. The molecule has 120 valence electrons. The summed E-state index contributed by atoms with van der Waals surface area (Å²) in [5.74, 6) is 0.860. The second kappa shape index (κ2) is 11.5. The summed E-state index contributed by atoms with van der Waals surface area (Å²) in [5.41, 5.74) is 1.16. The summed E-state index contributed by atoms with van der Waals surface area (Å²) in [6.45, 7) is 5.96. The zero-order valence-electron chi connectivity index (χ0n) is 13.3. The van der Waals surface area contributed by atoms with Crippen LogP contribution in [0.1, 0.15) is 18.5 Å². The first kappa shape index (κ1) is 17.9. The molecule has 0 saturated carbocycles. The maximum atomic E-state index is 5.69. The fourth-order valence-electron chi connectivity index (χ4n) is 1.94. The van der Waals surface area contributed by atoms with Crippen LogP contribution in [-0.4, -0.2) is 53.8 Å². The average molecular weight is 297 g/mol. The highest BCUT2D eigenvalue weighted by molar-refractivity contribution is 5.30. The van der Waals surface area contributed by atoms with E-state index in [2.05, 4.69) is 18.3 Å². The molecule has 1 aromatic rings. The molecule has 1 atom stereocenters. The van der Waals surface area contributed by atoms with Crippen molar-refractivity contribution >= 4 is 0 Å². The molecule has 0 fully saturated rings. The Balaban J connectivity index is 2.35. The molecule has 1 aromatic carbocycles. The number of benzene rings is 1. The van der Waals surface area contributed by atoms with Crippen LogP contribution in [0.4, 0.5) is 0 Å². The van der Waals surface area contributed by atoms with Crippen molar-refractivity contribution in [3.05, 3.63) is 29.8 Å². The van der Waals surface area contributed by atoms with Crippen molar-refractivity contribution in [1.29, 1.82) is 0 Å². The van der Waals surface area contributed by atoms with Crippen LogP contribution in [0.15, 0.2) is 24.3 Å². The molecule has 0 aliphatic heterocycles. The Morgan fingerprint density at radius 2 is 1.81 bits per heavy atom. The van der Waals surface area contributed by atoms with Gasteiger partial charge in [0.2, 0.25) is 0 Å². The first-order chi connectivity index (χ1) is 10.3. The van der Waals surface area contributed by atoms with Crippen LogP contribution < -0.4 is 10.1 Å². The molecule has 21 heavy (non-hydrogen) atoms. The van der Waals surface area contributed by atoms with Crippen molar-refractivity contribution in [2.75, 3.05) is 53.8 Å². The predicted molar refractivity (Wildman–Crippen MR) is 82.9 cm³/mol. The van der Waals surface area contributed by atoms with E-state index in [0.717, 1.165) is 17.9 Å². The van der Waals surface area contributed by atoms with Gasteiger partial charge in [0.15, 0.2) is 0 Å². The van der Waals surface area contributed by atoms with Crippen LogP contribution in [0.3, 0.4) is 0 Å². The van der Waals surface area contributed by atoms with Crippen LogP contribution >= 0.6 is 0 Å². The summed E-state index contributed by atoms with van der Waals surface area (Å²) in [5, 5.41) is 3.42. The molecule has 1 rings (SSSR count). The van der Waals surface area contributed by atoms with Gasteiger partial charge in [-0.15, -0.1) is 0 Å². The van der Waals surface area contributed by atoms with Gasteiger partial charge in [0.25, 0.3) is 0 Å². The van der Waals surface area contributed by atoms with E-state index in [4.69, 9.17) is 18.9 Å².